The van der Waals surface area contributed by atoms with E-state index in [1.54, 1.807) is 13.0 Å². The smallest absolute Gasteiger partial charge is 0.299 e. The quantitative estimate of drug-likeness (QED) is 0.600. The van der Waals surface area contributed by atoms with E-state index in [0.717, 1.165) is 12.5 Å². The lowest BCUT2D eigenvalue weighted by molar-refractivity contribution is 0.0991. The van der Waals surface area contributed by atoms with Gasteiger partial charge in [-0.15, -0.1) is 0 Å². The fraction of sp³-hybridized carbons (Fsp3) is 0.167. The zero-order valence-electron chi connectivity index (χ0n) is 14.4. The molecular formula is C18H16F3N2O2PS. The van der Waals surface area contributed by atoms with Crippen LogP contribution in [0.15, 0.2) is 53.6 Å². The lowest BCUT2D eigenvalue weighted by Crippen LogP contribution is -2.02. The maximum atomic E-state index is 13.8. The molecule has 0 fully saturated rings. The molecule has 1 unspecified atom stereocenters. The van der Waals surface area contributed by atoms with Crippen LogP contribution in [-0.4, -0.2) is 24.2 Å². The minimum Gasteiger partial charge on any atom is -0.299 e. The van der Waals surface area contributed by atoms with E-state index in [1.165, 1.54) is 50.2 Å². The van der Waals surface area contributed by atoms with Gasteiger partial charge in [-0.3, -0.25) is 4.57 Å². The number of imidazole rings is 1. The second kappa shape index (κ2) is 6.77. The Kier molecular flexibility index (Phi) is 4.91. The lowest BCUT2D eigenvalue weighted by atomic mass is 10.1. The van der Waals surface area contributed by atoms with Crippen molar-refractivity contribution in [2.45, 2.75) is 17.5 Å². The van der Waals surface area contributed by atoms with Gasteiger partial charge >= 0.3 is 5.66 Å². The fourth-order valence-corrected chi connectivity index (χ4v) is 3.43. The van der Waals surface area contributed by atoms with E-state index in [1.807, 2.05) is 0 Å². The van der Waals surface area contributed by atoms with Crippen molar-refractivity contribution in [1.82, 2.24) is 9.55 Å². The van der Waals surface area contributed by atoms with Gasteiger partial charge in [-0.2, -0.15) is 8.78 Å². The molecule has 0 radical (unpaired) electrons. The molecule has 0 aliphatic carbocycles. The molecule has 0 amide bonds. The molecule has 0 aliphatic heterocycles. The monoisotopic (exact) mass is 412 g/mol. The number of rotatable bonds is 4. The Bertz CT molecular complexity index is 1080. The van der Waals surface area contributed by atoms with Crippen molar-refractivity contribution in [3.63, 3.8) is 0 Å². The van der Waals surface area contributed by atoms with Gasteiger partial charge in [-0.05, 0) is 55.0 Å². The van der Waals surface area contributed by atoms with Crippen LogP contribution in [0.5, 0.6) is 0 Å². The summed E-state index contributed by atoms with van der Waals surface area (Å²) in [4.78, 5) is 4.09. The van der Waals surface area contributed by atoms with Crippen LogP contribution in [0.2, 0.25) is 0 Å². The van der Waals surface area contributed by atoms with Gasteiger partial charge in [0, 0.05) is 23.7 Å². The summed E-state index contributed by atoms with van der Waals surface area (Å²) in [7, 11) is -1.97. The summed E-state index contributed by atoms with van der Waals surface area (Å²) < 4.78 is 66.0. The molecule has 142 valence electrons. The molecule has 0 bridgehead atoms. The van der Waals surface area contributed by atoms with E-state index < -0.39 is 27.0 Å². The Balaban J connectivity index is 2.21. The number of halogens is 3. The Hall–Kier alpha value is -2.18. The van der Waals surface area contributed by atoms with Crippen LogP contribution in [0.25, 0.3) is 17.1 Å². The van der Waals surface area contributed by atoms with Crippen LogP contribution in [0.3, 0.4) is 0 Å². The number of hydrogen-bond donors (Lipinski definition) is 0. The summed E-state index contributed by atoms with van der Waals surface area (Å²) in [5, 5.41) is 0. The minimum atomic E-state index is -3.39. The molecule has 0 saturated heterocycles. The number of benzene rings is 2. The van der Waals surface area contributed by atoms with Gasteiger partial charge in [0.1, 0.15) is 17.3 Å². The second-order valence-corrected chi connectivity index (χ2v) is 8.97. The van der Waals surface area contributed by atoms with Crippen molar-refractivity contribution >= 4 is 19.1 Å². The van der Waals surface area contributed by atoms with Gasteiger partial charge in [-0.1, -0.05) is 9.24 Å². The first-order valence-electron chi connectivity index (χ1n) is 7.80. The SMILES string of the molecule is Cc1cc(F)cc(-c2nc(C(F)(F)P)cn2-c2ccc(S(C)(=O)=O)cc2)c1. The van der Waals surface area contributed by atoms with Crippen LogP contribution in [0.1, 0.15) is 11.3 Å². The highest BCUT2D eigenvalue weighted by Gasteiger charge is 2.30. The molecule has 0 N–H and O–H groups in total. The van der Waals surface area contributed by atoms with Gasteiger partial charge in [0.25, 0.3) is 0 Å². The molecule has 2 aromatic carbocycles. The minimum absolute atomic E-state index is 0.103. The first-order chi connectivity index (χ1) is 12.4. The first kappa shape index (κ1) is 19.6. The number of sulfone groups is 1. The topological polar surface area (TPSA) is 52.0 Å². The van der Waals surface area contributed by atoms with E-state index in [-0.39, 0.29) is 10.7 Å². The van der Waals surface area contributed by atoms with E-state index >= 15 is 0 Å². The average molecular weight is 412 g/mol. The molecule has 9 heteroatoms. The molecule has 4 nitrogen and oxygen atoms in total. The first-order valence-corrected chi connectivity index (χ1v) is 10.3. The van der Waals surface area contributed by atoms with Gasteiger partial charge in [0.15, 0.2) is 9.84 Å². The summed E-state index contributed by atoms with van der Waals surface area (Å²) in [6.45, 7) is 1.69. The molecule has 1 aromatic heterocycles. The van der Waals surface area contributed by atoms with Crippen molar-refractivity contribution in [2.75, 3.05) is 6.26 Å². The second-order valence-electron chi connectivity index (χ2n) is 6.23. The summed E-state index contributed by atoms with van der Waals surface area (Å²) in [5.74, 6) is -0.381. The van der Waals surface area contributed by atoms with Crippen molar-refractivity contribution in [3.05, 3.63) is 65.7 Å². The Morgan fingerprint density at radius 3 is 2.26 bits per heavy atom. The van der Waals surface area contributed by atoms with E-state index in [0.29, 0.717) is 16.8 Å². The van der Waals surface area contributed by atoms with Gasteiger partial charge < -0.3 is 0 Å². The van der Waals surface area contributed by atoms with Crippen molar-refractivity contribution < 1.29 is 21.6 Å². The number of alkyl halides is 2. The predicted octanol–water partition coefficient (Wildman–Crippen LogP) is 4.31. The van der Waals surface area contributed by atoms with E-state index in [9.17, 15) is 21.6 Å². The molecule has 0 spiro atoms. The van der Waals surface area contributed by atoms with Crippen LogP contribution >= 0.6 is 9.24 Å². The normalized spacial score (nSPS) is 12.4. The van der Waals surface area contributed by atoms with Crippen LogP contribution in [0, 0.1) is 12.7 Å². The molecule has 1 atom stereocenters. The average Bonchev–Trinajstić information content (AvgIpc) is 2.99. The maximum Gasteiger partial charge on any atom is 0.301 e. The Labute approximate surface area is 157 Å². The van der Waals surface area contributed by atoms with Crippen LogP contribution in [-0.2, 0) is 15.5 Å². The van der Waals surface area contributed by atoms with Crippen molar-refractivity contribution in [1.29, 1.82) is 0 Å². The summed E-state index contributed by atoms with van der Waals surface area (Å²) in [5.41, 5.74) is -2.40. The maximum absolute atomic E-state index is 13.8. The number of aromatic nitrogens is 2. The fourth-order valence-electron chi connectivity index (χ4n) is 2.66. The van der Waals surface area contributed by atoms with Crippen LogP contribution in [0.4, 0.5) is 13.2 Å². The zero-order valence-corrected chi connectivity index (χ0v) is 16.4. The zero-order chi connectivity index (χ0) is 20.0. The Morgan fingerprint density at radius 1 is 1.11 bits per heavy atom. The molecule has 1 heterocycles. The van der Waals surface area contributed by atoms with E-state index in [2.05, 4.69) is 4.98 Å². The third-order valence-electron chi connectivity index (χ3n) is 3.89. The van der Waals surface area contributed by atoms with Gasteiger partial charge in [0.05, 0.1) is 4.90 Å². The van der Waals surface area contributed by atoms with Gasteiger partial charge in [-0.25, -0.2) is 17.8 Å². The predicted molar refractivity (Wildman–Crippen MR) is 100 cm³/mol. The third kappa shape index (κ3) is 4.22. The molecule has 3 aromatic rings. The largest absolute Gasteiger partial charge is 0.301 e. The third-order valence-corrected chi connectivity index (χ3v) is 5.32. The van der Waals surface area contributed by atoms with Crippen LogP contribution < -0.4 is 0 Å². The van der Waals surface area contributed by atoms with Crippen molar-refractivity contribution in [2.24, 2.45) is 0 Å². The van der Waals surface area contributed by atoms with Crippen molar-refractivity contribution in [3.8, 4) is 17.1 Å². The highest BCUT2D eigenvalue weighted by Crippen LogP contribution is 2.36. The molecule has 27 heavy (non-hydrogen) atoms. The van der Waals surface area contributed by atoms with E-state index in [4.69, 9.17) is 0 Å². The summed E-state index contributed by atoms with van der Waals surface area (Å²) >= 11 is 0. The highest BCUT2D eigenvalue weighted by molar-refractivity contribution is 7.90. The van der Waals surface area contributed by atoms with Gasteiger partial charge in [0.2, 0.25) is 0 Å². The summed E-state index contributed by atoms with van der Waals surface area (Å²) in [6, 6.07) is 9.90. The molecule has 0 aliphatic rings. The lowest BCUT2D eigenvalue weighted by Gasteiger charge is -2.09. The molecule has 0 saturated carbocycles. The molecule has 3 rings (SSSR count). The highest BCUT2D eigenvalue weighted by atomic mass is 32.2. The number of aryl methyl sites for hydroxylation is 1. The summed E-state index contributed by atoms with van der Waals surface area (Å²) in [6.07, 6.45) is 2.23. The molecular weight excluding hydrogens is 396 g/mol. The standard InChI is InChI=1S/C18H16F3N2O2PS/c1-11-7-12(9-13(19)8-11)17-22-16(18(20,21)26)10-23(17)14-3-5-15(6-4-14)27(2,24)25/h3-10H,26H2,1-2H3. The number of hydrogen-bond acceptors (Lipinski definition) is 3. The Morgan fingerprint density at radius 2 is 1.74 bits per heavy atom. The number of nitrogens with zero attached hydrogens (tertiary/aromatic N) is 2.